The summed E-state index contributed by atoms with van der Waals surface area (Å²) in [5.41, 5.74) is 1.63. The van der Waals surface area contributed by atoms with Gasteiger partial charge < -0.3 is 10.1 Å². The molecular weight excluding hydrogens is 321 g/mol. The fourth-order valence-corrected chi connectivity index (χ4v) is 3.48. The van der Waals surface area contributed by atoms with E-state index in [-0.39, 0.29) is 11.8 Å². The number of anilines is 1. The number of alkyl halides is 2. The Kier molecular flexibility index (Phi) is 4.02. The molecular formula is C17H15Cl2NO2. The van der Waals surface area contributed by atoms with E-state index in [9.17, 15) is 4.79 Å². The number of methoxy groups -OCH3 is 1. The van der Waals surface area contributed by atoms with Crippen LogP contribution in [-0.2, 0) is 4.79 Å². The zero-order chi connectivity index (χ0) is 15.7. The van der Waals surface area contributed by atoms with Crippen LogP contribution in [-0.4, -0.2) is 17.4 Å². The lowest BCUT2D eigenvalue weighted by Gasteiger charge is -2.07. The van der Waals surface area contributed by atoms with Crippen molar-refractivity contribution in [1.29, 1.82) is 0 Å². The van der Waals surface area contributed by atoms with Crippen LogP contribution in [0.1, 0.15) is 11.5 Å². The van der Waals surface area contributed by atoms with E-state index in [2.05, 4.69) is 5.32 Å². The zero-order valence-corrected chi connectivity index (χ0v) is 13.4. The second kappa shape index (κ2) is 5.82. The third-order valence-electron chi connectivity index (χ3n) is 3.83. The Morgan fingerprint density at radius 2 is 1.86 bits per heavy atom. The Hall–Kier alpha value is -1.71. The Morgan fingerprint density at radius 1 is 1.14 bits per heavy atom. The van der Waals surface area contributed by atoms with E-state index >= 15 is 0 Å². The lowest BCUT2D eigenvalue weighted by Crippen LogP contribution is -2.17. The number of amides is 1. The Bertz CT molecular complexity index is 688. The van der Waals surface area contributed by atoms with Gasteiger partial charge in [-0.15, -0.1) is 23.2 Å². The first kappa shape index (κ1) is 15.2. The van der Waals surface area contributed by atoms with Crippen LogP contribution < -0.4 is 10.1 Å². The number of hydrogen-bond donors (Lipinski definition) is 1. The molecule has 3 rings (SSSR count). The fraction of sp³-hybridized carbons (Fsp3) is 0.235. The molecule has 2 aromatic carbocycles. The molecule has 0 unspecified atom stereocenters. The lowest BCUT2D eigenvalue weighted by molar-refractivity contribution is -0.117. The largest absolute Gasteiger partial charge is 0.497 e. The second-order valence-corrected chi connectivity index (χ2v) is 6.71. The number of carbonyl (C=O) groups is 1. The van der Waals surface area contributed by atoms with Crippen LogP contribution >= 0.6 is 23.2 Å². The fourth-order valence-electron chi connectivity index (χ4n) is 2.65. The van der Waals surface area contributed by atoms with Crippen LogP contribution in [0.25, 0.3) is 0 Å². The molecule has 3 nitrogen and oxygen atoms in total. The number of ether oxygens (including phenoxy) is 1. The topological polar surface area (TPSA) is 38.3 Å². The minimum atomic E-state index is -1.07. The van der Waals surface area contributed by atoms with Crippen LogP contribution in [0.3, 0.4) is 0 Å². The summed E-state index contributed by atoms with van der Waals surface area (Å²) in [6.07, 6.45) is 0. The molecule has 1 fully saturated rings. The summed E-state index contributed by atoms with van der Waals surface area (Å²) in [6.45, 7) is 0. The molecule has 0 radical (unpaired) electrons. The smallest absolute Gasteiger partial charge is 0.231 e. The minimum absolute atomic E-state index is 0.188. The summed E-state index contributed by atoms with van der Waals surface area (Å²) in [7, 11) is 1.58. The first-order valence-electron chi connectivity index (χ1n) is 6.91. The standard InChI is InChI=1S/C17H15Cl2NO2/c1-22-13-9-5-8-12(10-13)20-16(21)15-14(17(15,18)19)11-6-3-2-4-7-11/h2-10,14-15H,1H3,(H,20,21)/t14-,15+/m1/s1. The highest BCUT2D eigenvalue weighted by Gasteiger charge is 2.67. The van der Waals surface area contributed by atoms with Crippen LogP contribution in [0.4, 0.5) is 5.69 Å². The van der Waals surface area contributed by atoms with Gasteiger partial charge in [0.1, 0.15) is 10.1 Å². The number of nitrogens with one attached hydrogen (secondary N) is 1. The van der Waals surface area contributed by atoms with Gasteiger partial charge in [-0.25, -0.2) is 0 Å². The van der Waals surface area contributed by atoms with Gasteiger partial charge in [0.15, 0.2) is 0 Å². The highest BCUT2D eigenvalue weighted by Crippen LogP contribution is 2.65. The predicted octanol–water partition coefficient (Wildman–Crippen LogP) is 4.22. The summed E-state index contributed by atoms with van der Waals surface area (Å²) in [4.78, 5) is 12.5. The molecule has 22 heavy (non-hydrogen) atoms. The maximum absolute atomic E-state index is 12.5. The van der Waals surface area contributed by atoms with Crippen molar-refractivity contribution in [3.8, 4) is 5.75 Å². The van der Waals surface area contributed by atoms with E-state index in [0.717, 1.165) is 5.56 Å². The monoisotopic (exact) mass is 335 g/mol. The highest BCUT2D eigenvalue weighted by molar-refractivity contribution is 6.53. The molecule has 0 bridgehead atoms. The number of rotatable bonds is 4. The summed E-state index contributed by atoms with van der Waals surface area (Å²) in [5, 5.41) is 2.85. The van der Waals surface area contributed by atoms with Crippen molar-refractivity contribution < 1.29 is 9.53 Å². The molecule has 0 heterocycles. The van der Waals surface area contributed by atoms with Crippen LogP contribution in [0.5, 0.6) is 5.75 Å². The van der Waals surface area contributed by atoms with Gasteiger partial charge in [-0.2, -0.15) is 0 Å². The van der Waals surface area contributed by atoms with E-state index in [1.165, 1.54) is 0 Å². The van der Waals surface area contributed by atoms with Crippen molar-refractivity contribution in [1.82, 2.24) is 0 Å². The van der Waals surface area contributed by atoms with Gasteiger partial charge in [0, 0.05) is 17.7 Å². The number of hydrogen-bond acceptors (Lipinski definition) is 2. The first-order valence-corrected chi connectivity index (χ1v) is 7.67. The summed E-state index contributed by atoms with van der Waals surface area (Å²) >= 11 is 12.6. The summed E-state index contributed by atoms with van der Waals surface area (Å²) in [5.74, 6) is -0.171. The Balaban J connectivity index is 1.75. The number of halogens is 2. The van der Waals surface area contributed by atoms with Crippen molar-refractivity contribution in [3.63, 3.8) is 0 Å². The normalized spacial score (nSPS) is 22.0. The molecule has 5 heteroatoms. The molecule has 114 valence electrons. The summed E-state index contributed by atoms with van der Waals surface area (Å²) in [6, 6.07) is 16.8. The maximum atomic E-state index is 12.5. The van der Waals surface area contributed by atoms with Crippen molar-refractivity contribution in [2.75, 3.05) is 12.4 Å². The van der Waals surface area contributed by atoms with Gasteiger partial charge in [-0.3, -0.25) is 4.79 Å². The van der Waals surface area contributed by atoms with Crippen LogP contribution in [0, 0.1) is 5.92 Å². The van der Waals surface area contributed by atoms with Gasteiger partial charge in [-0.05, 0) is 17.7 Å². The van der Waals surface area contributed by atoms with Crippen molar-refractivity contribution in [3.05, 3.63) is 60.2 Å². The van der Waals surface area contributed by atoms with E-state index < -0.39 is 10.3 Å². The molecule has 2 atom stereocenters. The number of carbonyl (C=O) groups excluding carboxylic acids is 1. The maximum Gasteiger partial charge on any atom is 0.231 e. The van der Waals surface area contributed by atoms with Crippen molar-refractivity contribution in [2.24, 2.45) is 5.92 Å². The van der Waals surface area contributed by atoms with Crippen LogP contribution in [0.15, 0.2) is 54.6 Å². The molecule has 0 aliphatic heterocycles. The number of benzene rings is 2. The Morgan fingerprint density at radius 3 is 2.55 bits per heavy atom. The molecule has 1 amide bonds. The third kappa shape index (κ3) is 2.79. The lowest BCUT2D eigenvalue weighted by atomic mass is 10.1. The zero-order valence-electron chi connectivity index (χ0n) is 11.9. The minimum Gasteiger partial charge on any atom is -0.497 e. The van der Waals surface area contributed by atoms with E-state index in [1.807, 2.05) is 42.5 Å². The first-order chi connectivity index (χ1) is 10.5. The highest BCUT2D eigenvalue weighted by atomic mass is 35.5. The van der Waals surface area contributed by atoms with E-state index in [1.54, 1.807) is 19.2 Å². The third-order valence-corrected chi connectivity index (χ3v) is 4.77. The average molecular weight is 336 g/mol. The van der Waals surface area contributed by atoms with Gasteiger partial charge in [0.05, 0.1) is 13.0 Å². The predicted molar refractivity (Wildman–Crippen MR) is 88.7 cm³/mol. The van der Waals surface area contributed by atoms with Gasteiger partial charge >= 0.3 is 0 Å². The molecule has 1 N–H and O–H groups in total. The molecule has 0 spiro atoms. The second-order valence-electron chi connectivity index (χ2n) is 5.26. The van der Waals surface area contributed by atoms with E-state index in [0.29, 0.717) is 11.4 Å². The molecule has 0 aromatic heterocycles. The summed E-state index contributed by atoms with van der Waals surface area (Å²) < 4.78 is 4.08. The van der Waals surface area contributed by atoms with Crippen molar-refractivity contribution >= 4 is 34.8 Å². The Labute approximate surface area is 139 Å². The van der Waals surface area contributed by atoms with Gasteiger partial charge in [0.2, 0.25) is 5.91 Å². The molecule has 2 aromatic rings. The quantitative estimate of drug-likeness (QED) is 0.849. The van der Waals surface area contributed by atoms with E-state index in [4.69, 9.17) is 27.9 Å². The van der Waals surface area contributed by atoms with Crippen LogP contribution in [0.2, 0.25) is 0 Å². The van der Waals surface area contributed by atoms with Crippen molar-refractivity contribution in [2.45, 2.75) is 10.3 Å². The molecule has 1 aliphatic carbocycles. The average Bonchev–Trinajstić information content (AvgIpc) is 3.11. The molecule has 1 saturated carbocycles. The molecule has 1 aliphatic rings. The SMILES string of the molecule is COc1cccc(NC(=O)[C@@H]2[C@@H](c3ccccc3)C2(Cl)Cl)c1. The van der Waals surface area contributed by atoms with Gasteiger partial charge in [-0.1, -0.05) is 36.4 Å². The molecule has 0 saturated heterocycles. The van der Waals surface area contributed by atoms with Gasteiger partial charge in [0.25, 0.3) is 0 Å².